The average Bonchev–Trinajstić information content (AvgIpc) is 2.86. The summed E-state index contributed by atoms with van der Waals surface area (Å²) in [5.74, 6) is 1.58. The van der Waals surface area contributed by atoms with Gasteiger partial charge in [-0.1, -0.05) is 30.3 Å². The summed E-state index contributed by atoms with van der Waals surface area (Å²) in [5, 5.41) is 1.59. The maximum Gasteiger partial charge on any atom is 0.195 e. The Kier molecular flexibility index (Phi) is 3.31. The first-order valence-electron chi connectivity index (χ1n) is 8.04. The summed E-state index contributed by atoms with van der Waals surface area (Å²) in [4.78, 5) is 12.8. The largest absolute Gasteiger partial charge is 0.461 e. The highest BCUT2D eigenvalue weighted by Gasteiger charge is 2.15. The van der Waals surface area contributed by atoms with E-state index in [1.165, 1.54) is 0 Å². The fourth-order valence-corrected chi connectivity index (χ4v) is 3.12. The summed E-state index contributed by atoms with van der Waals surface area (Å²) in [6, 6.07) is 13.7. The first-order valence-corrected chi connectivity index (χ1v) is 8.04. The molecule has 0 radical (unpaired) electrons. The van der Waals surface area contributed by atoms with Crippen molar-refractivity contribution in [3.8, 4) is 0 Å². The second-order valence-electron chi connectivity index (χ2n) is 6.27. The summed E-state index contributed by atoms with van der Waals surface area (Å²) < 4.78 is 11.8. The standard InChI is InChI=1S/C21H18O3/c1-12-14(3)23-19-11-20-17(10-16(12)19)21(22)13(2)18(24-20)9-15-7-5-4-6-8-15/h4-8,10-11H,9H2,1-3H3. The van der Waals surface area contributed by atoms with E-state index in [-0.39, 0.29) is 5.43 Å². The van der Waals surface area contributed by atoms with Gasteiger partial charge in [0.15, 0.2) is 5.43 Å². The lowest BCUT2D eigenvalue weighted by molar-refractivity contribution is 0.540. The molecule has 0 bridgehead atoms. The topological polar surface area (TPSA) is 43.4 Å². The van der Waals surface area contributed by atoms with Crippen molar-refractivity contribution in [2.24, 2.45) is 0 Å². The van der Waals surface area contributed by atoms with E-state index in [9.17, 15) is 4.79 Å². The second kappa shape index (κ2) is 5.38. The molecule has 4 aromatic rings. The van der Waals surface area contributed by atoms with E-state index in [2.05, 4.69) is 0 Å². The molecule has 4 rings (SSSR count). The summed E-state index contributed by atoms with van der Waals surface area (Å²) in [6.45, 7) is 5.77. The number of rotatable bonds is 2. The van der Waals surface area contributed by atoms with Crippen molar-refractivity contribution in [3.05, 3.63) is 80.9 Å². The lowest BCUT2D eigenvalue weighted by atomic mass is 10.0. The van der Waals surface area contributed by atoms with Crippen LogP contribution in [-0.4, -0.2) is 0 Å². The monoisotopic (exact) mass is 318 g/mol. The smallest absolute Gasteiger partial charge is 0.195 e. The Hall–Kier alpha value is -2.81. The normalized spacial score (nSPS) is 11.5. The van der Waals surface area contributed by atoms with Crippen molar-refractivity contribution in [2.45, 2.75) is 27.2 Å². The molecule has 24 heavy (non-hydrogen) atoms. The molecule has 3 nitrogen and oxygen atoms in total. The van der Waals surface area contributed by atoms with Crippen molar-refractivity contribution in [1.29, 1.82) is 0 Å². The highest BCUT2D eigenvalue weighted by atomic mass is 16.3. The lowest BCUT2D eigenvalue weighted by Gasteiger charge is -2.07. The van der Waals surface area contributed by atoms with Crippen molar-refractivity contribution >= 4 is 21.9 Å². The van der Waals surface area contributed by atoms with E-state index in [0.717, 1.165) is 27.9 Å². The highest BCUT2D eigenvalue weighted by Crippen LogP contribution is 2.29. The zero-order valence-corrected chi connectivity index (χ0v) is 14.0. The van der Waals surface area contributed by atoms with Crippen LogP contribution in [0, 0.1) is 20.8 Å². The van der Waals surface area contributed by atoms with E-state index in [0.29, 0.717) is 28.7 Å². The third-order valence-corrected chi connectivity index (χ3v) is 4.72. The highest BCUT2D eigenvalue weighted by molar-refractivity contribution is 5.95. The summed E-state index contributed by atoms with van der Waals surface area (Å²) in [7, 11) is 0. The Bertz CT molecular complexity index is 1110. The molecule has 0 saturated heterocycles. The SMILES string of the molecule is Cc1oc2cc3oc(Cc4ccccc4)c(C)c(=O)c3cc2c1C. The third-order valence-electron chi connectivity index (χ3n) is 4.72. The van der Waals surface area contributed by atoms with Gasteiger partial charge >= 0.3 is 0 Å². The van der Waals surface area contributed by atoms with Crippen LogP contribution < -0.4 is 5.43 Å². The van der Waals surface area contributed by atoms with Crippen LogP contribution in [0.1, 0.15) is 28.2 Å². The van der Waals surface area contributed by atoms with Crippen LogP contribution in [0.3, 0.4) is 0 Å². The van der Waals surface area contributed by atoms with Crippen LogP contribution in [0.2, 0.25) is 0 Å². The molecule has 2 aromatic carbocycles. The molecule has 2 aromatic heterocycles. The summed E-state index contributed by atoms with van der Waals surface area (Å²) in [6.07, 6.45) is 0.603. The molecule has 0 atom stereocenters. The van der Waals surface area contributed by atoms with Gasteiger partial charge in [0, 0.05) is 23.4 Å². The molecule has 0 aliphatic heterocycles. The number of hydrogen-bond acceptors (Lipinski definition) is 3. The molecule has 0 aliphatic carbocycles. The third kappa shape index (κ3) is 2.24. The number of hydrogen-bond donors (Lipinski definition) is 0. The molecule has 0 saturated carbocycles. The van der Waals surface area contributed by atoms with Crippen molar-refractivity contribution in [1.82, 2.24) is 0 Å². The predicted octanol–water partition coefficient (Wildman–Crippen LogP) is 5.06. The molecular weight excluding hydrogens is 300 g/mol. The van der Waals surface area contributed by atoms with Gasteiger partial charge in [-0.2, -0.15) is 0 Å². The molecule has 0 amide bonds. The zero-order valence-electron chi connectivity index (χ0n) is 14.0. The van der Waals surface area contributed by atoms with Gasteiger partial charge in [-0.15, -0.1) is 0 Å². The molecule has 0 N–H and O–H groups in total. The van der Waals surface area contributed by atoms with Gasteiger partial charge in [-0.3, -0.25) is 4.79 Å². The fraction of sp³-hybridized carbons (Fsp3) is 0.190. The van der Waals surface area contributed by atoms with E-state index >= 15 is 0 Å². The average molecular weight is 318 g/mol. The van der Waals surface area contributed by atoms with Crippen LogP contribution in [0.5, 0.6) is 0 Å². The quantitative estimate of drug-likeness (QED) is 0.519. The first-order chi connectivity index (χ1) is 11.5. The molecule has 0 unspecified atom stereocenters. The van der Waals surface area contributed by atoms with Crippen LogP contribution in [-0.2, 0) is 6.42 Å². The Balaban J connectivity index is 1.95. The number of furan rings is 1. The Labute approximate surface area is 139 Å². The van der Waals surface area contributed by atoms with Gasteiger partial charge in [0.1, 0.15) is 22.7 Å². The number of aryl methyl sites for hydroxylation is 2. The zero-order chi connectivity index (χ0) is 16.8. The minimum atomic E-state index is 0.0299. The molecule has 0 fully saturated rings. The maximum absolute atomic E-state index is 12.8. The second-order valence-corrected chi connectivity index (χ2v) is 6.27. The molecule has 0 aliphatic rings. The molecular formula is C21H18O3. The minimum absolute atomic E-state index is 0.0299. The fourth-order valence-electron chi connectivity index (χ4n) is 3.12. The van der Waals surface area contributed by atoms with Gasteiger partial charge in [-0.05, 0) is 38.0 Å². The number of benzene rings is 2. The van der Waals surface area contributed by atoms with Gasteiger partial charge in [0.05, 0.1) is 5.39 Å². The predicted molar refractivity (Wildman–Crippen MR) is 95.7 cm³/mol. The van der Waals surface area contributed by atoms with Crippen molar-refractivity contribution in [2.75, 3.05) is 0 Å². The minimum Gasteiger partial charge on any atom is -0.461 e. The Morgan fingerprint density at radius 1 is 0.833 bits per heavy atom. The Morgan fingerprint density at radius 3 is 2.29 bits per heavy atom. The molecule has 120 valence electrons. The molecule has 3 heteroatoms. The van der Waals surface area contributed by atoms with E-state index < -0.39 is 0 Å². The van der Waals surface area contributed by atoms with Crippen LogP contribution in [0.4, 0.5) is 0 Å². The molecule has 2 heterocycles. The van der Waals surface area contributed by atoms with Gasteiger partial charge in [-0.25, -0.2) is 0 Å². The molecule has 0 spiro atoms. The summed E-state index contributed by atoms with van der Waals surface area (Å²) in [5.41, 5.74) is 4.23. The van der Waals surface area contributed by atoms with Gasteiger partial charge in [0.25, 0.3) is 0 Å². The van der Waals surface area contributed by atoms with Gasteiger partial charge < -0.3 is 8.83 Å². The Morgan fingerprint density at radius 2 is 1.54 bits per heavy atom. The van der Waals surface area contributed by atoms with E-state index in [1.54, 1.807) is 0 Å². The van der Waals surface area contributed by atoms with Crippen LogP contribution in [0.25, 0.3) is 21.9 Å². The maximum atomic E-state index is 12.8. The van der Waals surface area contributed by atoms with E-state index in [1.807, 2.05) is 63.2 Å². The van der Waals surface area contributed by atoms with E-state index in [4.69, 9.17) is 8.83 Å². The number of fused-ring (bicyclic) bond motifs is 2. The van der Waals surface area contributed by atoms with Crippen molar-refractivity contribution in [3.63, 3.8) is 0 Å². The summed E-state index contributed by atoms with van der Waals surface area (Å²) >= 11 is 0. The van der Waals surface area contributed by atoms with Crippen LogP contribution >= 0.6 is 0 Å². The van der Waals surface area contributed by atoms with Gasteiger partial charge in [0.2, 0.25) is 0 Å². The van der Waals surface area contributed by atoms with Crippen molar-refractivity contribution < 1.29 is 8.83 Å². The lowest BCUT2D eigenvalue weighted by Crippen LogP contribution is -2.09. The first kappa shape index (κ1) is 14.8. The van der Waals surface area contributed by atoms with Crippen LogP contribution in [0.15, 0.2) is 56.1 Å².